The van der Waals surface area contributed by atoms with Gasteiger partial charge in [0.2, 0.25) is 5.91 Å². The lowest BCUT2D eigenvalue weighted by atomic mass is 10.2. The Labute approximate surface area is 216 Å². The first-order valence-corrected chi connectivity index (χ1v) is 13.6. The zero-order valence-electron chi connectivity index (χ0n) is 20.2. The number of alkyl halides is 3. The zero-order chi connectivity index (χ0) is 28.9. The minimum atomic E-state index is -9.81. The van der Waals surface area contributed by atoms with Crippen molar-refractivity contribution in [3.8, 4) is 0 Å². The number of nitrogens with zero attached hydrogens (tertiary/aromatic N) is 4. The normalized spacial score (nSPS) is 22.6. The molecule has 4 rings (SSSR count). The molecule has 0 bridgehead atoms. The van der Waals surface area contributed by atoms with Gasteiger partial charge >= 0.3 is 16.4 Å². The van der Waals surface area contributed by atoms with Crippen molar-refractivity contribution in [1.29, 1.82) is 0 Å². The lowest BCUT2D eigenvalue weighted by molar-refractivity contribution is -0.138. The topological polar surface area (TPSA) is 103 Å². The van der Waals surface area contributed by atoms with Gasteiger partial charge in [-0.1, -0.05) is 19.4 Å². The lowest BCUT2D eigenvalue weighted by Crippen LogP contribution is -2.49. The van der Waals surface area contributed by atoms with Crippen molar-refractivity contribution < 1.29 is 42.1 Å². The van der Waals surface area contributed by atoms with Crippen molar-refractivity contribution in [2.45, 2.75) is 36.6 Å². The molecule has 1 saturated carbocycles. The smallest absolute Gasteiger partial charge is 0.378 e. The molecule has 2 unspecified atom stereocenters. The summed E-state index contributed by atoms with van der Waals surface area (Å²) in [7, 11) is -9.81. The van der Waals surface area contributed by atoms with Crippen LogP contribution in [0.25, 0.3) is 0 Å². The molecular weight excluding hydrogens is 568 g/mol. The fourth-order valence-corrected chi connectivity index (χ4v) is 4.74. The van der Waals surface area contributed by atoms with Crippen LogP contribution in [-0.4, -0.2) is 70.9 Å². The van der Waals surface area contributed by atoms with E-state index in [1.165, 1.54) is 6.92 Å². The molecule has 218 valence electrons. The van der Waals surface area contributed by atoms with E-state index in [1.54, 1.807) is 14.9 Å². The van der Waals surface area contributed by atoms with Crippen LogP contribution in [0.3, 0.4) is 0 Å². The Hall–Kier alpha value is -3.15. The molecule has 3 heterocycles. The van der Waals surface area contributed by atoms with E-state index >= 15 is 0 Å². The van der Waals surface area contributed by atoms with Crippen LogP contribution < -0.4 is 15.8 Å². The van der Waals surface area contributed by atoms with Gasteiger partial charge in [0, 0.05) is 32.2 Å². The average Bonchev–Trinajstić information content (AvgIpc) is 3.60. The maximum atomic E-state index is 13.2. The Morgan fingerprint density at radius 3 is 2.38 bits per heavy atom. The van der Waals surface area contributed by atoms with Gasteiger partial charge < -0.3 is 19.9 Å². The maximum Gasteiger partial charge on any atom is 0.423 e. The fraction of sp³-hybridized carbons (Fsp3) is 0.524. The molecular formula is C21H24F8N6O3S. The minimum absolute atomic E-state index is 0.0487. The largest absolute Gasteiger partial charge is 0.423 e. The highest BCUT2D eigenvalue weighted by molar-refractivity contribution is 8.45. The molecule has 1 aliphatic carbocycles. The molecule has 18 heteroatoms. The summed E-state index contributed by atoms with van der Waals surface area (Å²) in [6.07, 6.45) is -3.98. The Balaban J connectivity index is 1.24. The van der Waals surface area contributed by atoms with Crippen LogP contribution in [-0.2, 0) is 15.7 Å². The molecule has 1 amide bonds. The number of ether oxygens (including phenoxy) is 1. The van der Waals surface area contributed by atoms with Crippen LogP contribution >= 0.6 is 10.2 Å². The molecule has 9 nitrogen and oxygen atoms in total. The molecule has 1 saturated heterocycles. The number of carbonyl (C=O) groups is 1. The molecule has 2 aromatic rings. The number of H-pyrrole nitrogens is 1. The summed E-state index contributed by atoms with van der Waals surface area (Å²) >= 11 is 0. The number of pyridine rings is 1. The van der Waals surface area contributed by atoms with Crippen molar-refractivity contribution in [3.63, 3.8) is 0 Å². The number of piperazine rings is 1. The van der Waals surface area contributed by atoms with E-state index in [0.717, 1.165) is 12.3 Å². The zero-order valence-corrected chi connectivity index (χ0v) is 21.0. The number of hydrogen-bond acceptors (Lipinski definition) is 7. The van der Waals surface area contributed by atoms with Crippen LogP contribution in [0.15, 0.2) is 34.2 Å². The summed E-state index contributed by atoms with van der Waals surface area (Å²) in [5, 5.41) is 7.67. The van der Waals surface area contributed by atoms with Gasteiger partial charge in [0.15, 0.2) is 0 Å². The predicted molar refractivity (Wildman–Crippen MR) is 125 cm³/mol. The van der Waals surface area contributed by atoms with E-state index in [2.05, 4.69) is 15.4 Å². The van der Waals surface area contributed by atoms with Gasteiger partial charge in [0.25, 0.3) is 5.56 Å². The summed E-state index contributed by atoms with van der Waals surface area (Å²) in [5.74, 6) is -0.584. The molecule has 2 aromatic heterocycles. The third-order valence-corrected chi connectivity index (χ3v) is 7.36. The Morgan fingerprint density at radius 1 is 1.15 bits per heavy atom. The molecule has 3 atom stereocenters. The van der Waals surface area contributed by atoms with E-state index < -0.39 is 56.2 Å². The number of aromatic nitrogens is 3. The van der Waals surface area contributed by atoms with Crippen LogP contribution in [0.4, 0.5) is 44.1 Å². The first-order valence-electron chi connectivity index (χ1n) is 11.6. The van der Waals surface area contributed by atoms with Crippen molar-refractivity contribution in [2.24, 2.45) is 5.92 Å². The van der Waals surface area contributed by atoms with Crippen molar-refractivity contribution in [3.05, 3.63) is 40.4 Å². The molecule has 2 fully saturated rings. The highest BCUT2D eigenvalue weighted by Gasteiger charge is 2.65. The standard InChI is InChI=1S/C21H24F8N6O3S/c1-12(32-15-10-31-33-19(36)18(15)21(22,23)24)11-38-16-8-14(16)20(37)35-6-4-34(5-7-35)17-3-2-13(9-30-17)39(25,26,27,28)29/h2-3,9-10,12,14,16H,4-8,11H2,1H3,(H2,32,33,36)/t12-,14?,16?/m0/s1. The van der Waals surface area contributed by atoms with Crippen molar-refractivity contribution in [2.75, 3.05) is 43.0 Å². The number of rotatable bonds is 8. The summed E-state index contributed by atoms with van der Waals surface area (Å²) in [6, 6.07) is 0.511. The van der Waals surface area contributed by atoms with Gasteiger partial charge in [-0.25, -0.2) is 10.1 Å². The van der Waals surface area contributed by atoms with E-state index in [1.807, 2.05) is 0 Å². The molecule has 2 N–H and O–H groups in total. The van der Waals surface area contributed by atoms with E-state index in [9.17, 15) is 42.2 Å². The minimum Gasteiger partial charge on any atom is -0.378 e. The summed E-state index contributed by atoms with van der Waals surface area (Å²) < 4.78 is 110. The predicted octanol–water partition coefficient (Wildman–Crippen LogP) is 4.40. The van der Waals surface area contributed by atoms with E-state index in [4.69, 9.17) is 4.74 Å². The fourth-order valence-electron chi connectivity index (χ4n) is 4.16. The summed E-state index contributed by atoms with van der Waals surface area (Å²) in [5.41, 5.74) is -3.29. The molecule has 0 spiro atoms. The number of carbonyl (C=O) groups excluding carboxylic acids is 1. The second-order valence-electron chi connectivity index (χ2n) is 9.38. The molecule has 2 aliphatic rings. The summed E-state index contributed by atoms with van der Waals surface area (Å²) in [4.78, 5) is 28.9. The van der Waals surface area contributed by atoms with Gasteiger partial charge in [-0.3, -0.25) is 9.59 Å². The monoisotopic (exact) mass is 592 g/mol. The highest BCUT2D eigenvalue weighted by Crippen LogP contribution is 3.02. The Bertz CT molecular complexity index is 1280. The Morgan fingerprint density at radius 2 is 1.82 bits per heavy atom. The maximum absolute atomic E-state index is 13.2. The second kappa shape index (κ2) is 9.21. The Kier molecular flexibility index (Phi) is 6.81. The van der Waals surface area contributed by atoms with Crippen LogP contribution in [0, 0.1) is 5.92 Å². The van der Waals surface area contributed by atoms with E-state index in [-0.39, 0.29) is 50.7 Å². The third-order valence-electron chi connectivity index (χ3n) is 6.23. The van der Waals surface area contributed by atoms with Crippen molar-refractivity contribution >= 4 is 27.6 Å². The van der Waals surface area contributed by atoms with Gasteiger partial charge in [0.1, 0.15) is 16.3 Å². The first-order chi connectivity index (χ1) is 17.8. The molecule has 39 heavy (non-hydrogen) atoms. The SMILES string of the molecule is C[C@@H](COC1CC1C(=O)N1CCN(c2ccc(S(F)(F)(F)(F)F)cn2)CC1)Nc1cn[nH]c(=O)c1C(F)(F)F. The first kappa shape index (κ1) is 28.8. The van der Waals surface area contributed by atoms with Crippen LogP contribution in [0.1, 0.15) is 18.9 Å². The van der Waals surface area contributed by atoms with Crippen LogP contribution in [0.2, 0.25) is 0 Å². The molecule has 1 aliphatic heterocycles. The van der Waals surface area contributed by atoms with Gasteiger partial charge in [-0.05, 0) is 25.5 Å². The second-order valence-corrected chi connectivity index (χ2v) is 11.8. The van der Waals surface area contributed by atoms with Gasteiger partial charge in [0.05, 0.1) is 36.7 Å². The van der Waals surface area contributed by atoms with Crippen LogP contribution in [0.5, 0.6) is 0 Å². The number of hydrogen-bond donors (Lipinski definition) is 2. The van der Waals surface area contributed by atoms with Gasteiger partial charge in [-0.2, -0.15) is 18.3 Å². The number of amides is 1. The van der Waals surface area contributed by atoms with Gasteiger partial charge in [-0.15, -0.1) is 0 Å². The third kappa shape index (κ3) is 6.90. The number of aromatic amines is 1. The summed E-state index contributed by atoms with van der Waals surface area (Å²) in [6.45, 7) is 2.38. The number of nitrogens with one attached hydrogen (secondary N) is 2. The number of halogens is 8. The van der Waals surface area contributed by atoms with Crippen molar-refractivity contribution in [1.82, 2.24) is 20.1 Å². The molecule has 0 radical (unpaired) electrons. The average molecular weight is 593 g/mol. The lowest BCUT2D eigenvalue weighted by Gasteiger charge is -2.40. The highest BCUT2D eigenvalue weighted by atomic mass is 32.5. The van der Waals surface area contributed by atoms with E-state index in [0.29, 0.717) is 12.5 Å². The molecule has 0 aromatic carbocycles. The quantitative estimate of drug-likeness (QED) is 0.439. The number of anilines is 2.